The number of nitriles is 5. The Morgan fingerprint density at radius 1 is 0.734 bits per heavy atom. The summed E-state index contributed by atoms with van der Waals surface area (Å²) >= 11 is 0. The standard InChI is InChI=1S/C30H45N3O2.C22H26N4O.C2H6/c1-8-10-11-25(9-2)21-35-30(34)29(20-32)28(19-31)27-13-12-26(18-24(27)7)33(16-14-22(3)4)17-15-23(5)6;1-4-6-7-17(5-2)15-26-8-9-27-22-11-19(16(3)10-21(22)26)20(14-25)18(12-23)13-24;1-2/h12-13,18,22-23,25H,8-11,14-17,21H2,1-7H3;10-11,17H,4-9,15H2,1-3H3;1-2H3/b29-28-;;. The van der Waals surface area contributed by atoms with Crippen molar-refractivity contribution in [3.05, 3.63) is 63.7 Å². The van der Waals surface area contributed by atoms with Gasteiger partial charge in [-0.05, 0) is 104 Å². The second-order valence-electron chi connectivity index (χ2n) is 17.3. The van der Waals surface area contributed by atoms with Crippen LogP contribution in [0.3, 0.4) is 0 Å². The smallest absolute Gasteiger partial charge is 0.350 e. The summed E-state index contributed by atoms with van der Waals surface area (Å²) < 4.78 is 11.3. The molecular weight excluding hydrogens is 795 g/mol. The molecule has 1 heterocycles. The molecule has 0 amide bonds. The number of rotatable bonds is 22. The highest BCUT2D eigenvalue weighted by Crippen LogP contribution is 2.38. The van der Waals surface area contributed by atoms with Crippen LogP contribution in [0.5, 0.6) is 5.75 Å². The molecule has 2 aromatic rings. The van der Waals surface area contributed by atoms with E-state index in [-0.39, 0.29) is 34.8 Å². The first kappa shape index (κ1) is 56.3. The summed E-state index contributed by atoms with van der Waals surface area (Å²) in [5.74, 6) is 2.16. The fourth-order valence-electron chi connectivity index (χ4n) is 7.44. The number of fused-ring (bicyclic) bond motifs is 1. The minimum atomic E-state index is -0.710. The second-order valence-corrected chi connectivity index (χ2v) is 17.3. The monoisotopic (exact) mass is 872 g/mol. The molecule has 0 saturated heterocycles. The van der Waals surface area contributed by atoms with E-state index in [1.165, 1.54) is 19.3 Å². The Bertz CT molecular complexity index is 2020. The van der Waals surface area contributed by atoms with Crippen molar-refractivity contribution < 1.29 is 14.3 Å². The SMILES string of the molecule is CC.CCCCC(CC)CN1CCOc2cc(C(C#N)=C(C#N)C#N)c(C)cc21.CCCCC(CC)COC(=O)/C(C#N)=C(/C#N)c1ccc(N(CCC(C)C)CCC(C)C)cc1C. The largest absolute Gasteiger partial charge is 0.490 e. The Balaban J connectivity index is 0.000000634. The van der Waals surface area contributed by atoms with Crippen LogP contribution >= 0.6 is 0 Å². The van der Waals surface area contributed by atoms with Gasteiger partial charge < -0.3 is 19.3 Å². The number of esters is 1. The van der Waals surface area contributed by atoms with Crippen LogP contribution in [0.4, 0.5) is 11.4 Å². The van der Waals surface area contributed by atoms with E-state index in [4.69, 9.17) is 20.0 Å². The third kappa shape index (κ3) is 17.8. The molecule has 346 valence electrons. The lowest BCUT2D eigenvalue weighted by molar-refractivity contribution is -0.139. The molecule has 1 aliphatic rings. The van der Waals surface area contributed by atoms with Crippen LogP contribution in [-0.2, 0) is 9.53 Å². The molecule has 2 aromatic carbocycles. The minimum Gasteiger partial charge on any atom is -0.490 e. The first-order valence-electron chi connectivity index (χ1n) is 23.8. The maximum absolute atomic E-state index is 12.8. The zero-order valence-corrected chi connectivity index (χ0v) is 41.4. The normalized spacial score (nSPS) is 12.7. The van der Waals surface area contributed by atoms with Gasteiger partial charge in [-0.25, -0.2) is 4.79 Å². The molecule has 2 atom stereocenters. The topological polar surface area (TPSA) is 161 Å². The maximum atomic E-state index is 12.8. The molecule has 0 aliphatic carbocycles. The average molecular weight is 872 g/mol. The van der Waals surface area contributed by atoms with Crippen molar-refractivity contribution in [2.24, 2.45) is 23.7 Å². The van der Waals surface area contributed by atoms with Crippen LogP contribution in [0.1, 0.15) is 156 Å². The van der Waals surface area contributed by atoms with Crippen molar-refractivity contribution in [1.82, 2.24) is 0 Å². The van der Waals surface area contributed by atoms with Crippen molar-refractivity contribution in [2.45, 2.75) is 147 Å². The van der Waals surface area contributed by atoms with Gasteiger partial charge >= 0.3 is 5.97 Å². The van der Waals surface area contributed by atoms with Crippen molar-refractivity contribution in [2.75, 3.05) is 49.2 Å². The summed E-state index contributed by atoms with van der Waals surface area (Å²) in [4.78, 5) is 17.5. The number of benzene rings is 2. The molecule has 10 nitrogen and oxygen atoms in total. The zero-order chi connectivity index (χ0) is 48.2. The number of nitrogens with zero attached hydrogens (tertiary/aromatic N) is 7. The average Bonchev–Trinajstić information content (AvgIpc) is 3.29. The minimum absolute atomic E-state index is 0.0825. The molecular formula is C54H77N7O3. The van der Waals surface area contributed by atoms with E-state index < -0.39 is 5.97 Å². The van der Waals surface area contributed by atoms with Gasteiger partial charge in [0.2, 0.25) is 0 Å². The lowest BCUT2D eigenvalue weighted by Gasteiger charge is -2.34. The van der Waals surface area contributed by atoms with Crippen LogP contribution in [0.15, 0.2) is 41.5 Å². The van der Waals surface area contributed by atoms with Gasteiger partial charge in [-0.3, -0.25) is 0 Å². The van der Waals surface area contributed by atoms with E-state index in [0.717, 1.165) is 99.4 Å². The molecule has 0 spiro atoms. The van der Waals surface area contributed by atoms with Gasteiger partial charge in [-0.1, -0.05) is 114 Å². The first-order valence-corrected chi connectivity index (χ1v) is 23.8. The Hall–Kier alpha value is -5.76. The second kappa shape index (κ2) is 31.1. The predicted molar refractivity (Wildman–Crippen MR) is 262 cm³/mol. The van der Waals surface area contributed by atoms with Crippen molar-refractivity contribution >= 4 is 28.5 Å². The number of hydrogen-bond acceptors (Lipinski definition) is 10. The number of unbranched alkanes of at least 4 members (excludes halogenated alkanes) is 2. The number of carbonyl (C=O) groups excluding carboxylic acids is 1. The summed E-state index contributed by atoms with van der Waals surface area (Å²) in [7, 11) is 0. The van der Waals surface area contributed by atoms with Gasteiger partial charge in [0.1, 0.15) is 48.3 Å². The molecule has 0 bridgehead atoms. The quantitative estimate of drug-likeness (QED) is 0.0632. The van der Waals surface area contributed by atoms with Gasteiger partial charge in [0.15, 0.2) is 5.57 Å². The Labute approximate surface area is 387 Å². The number of allylic oxidation sites excluding steroid dienone is 3. The number of anilines is 2. The van der Waals surface area contributed by atoms with Crippen LogP contribution in [0, 0.1) is 94.2 Å². The van der Waals surface area contributed by atoms with Crippen LogP contribution < -0.4 is 14.5 Å². The van der Waals surface area contributed by atoms with Crippen LogP contribution in [0.25, 0.3) is 11.1 Å². The van der Waals surface area contributed by atoms with Gasteiger partial charge in [-0.15, -0.1) is 0 Å². The molecule has 2 unspecified atom stereocenters. The van der Waals surface area contributed by atoms with Crippen molar-refractivity contribution in [3.63, 3.8) is 0 Å². The van der Waals surface area contributed by atoms with E-state index in [9.17, 15) is 20.6 Å². The zero-order valence-electron chi connectivity index (χ0n) is 41.4. The lowest BCUT2D eigenvalue weighted by Crippen LogP contribution is -2.36. The molecule has 3 rings (SSSR count). The Kier molecular flexibility index (Phi) is 27.4. The molecule has 0 radical (unpaired) electrons. The molecule has 0 N–H and O–H groups in total. The number of ether oxygens (including phenoxy) is 2. The summed E-state index contributed by atoms with van der Waals surface area (Å²) in [6.07, 6.45) is 11.1. The van der Waals surface area contributed by atoms with E-state index in [1.54, 1.807) is 6.07 Å². The first-order chi connectivity index (χ1) is 30.8. The highest BCUT2D eigenvalue weighted by Gasteiger charge is 2.25. The summed E-state index contributed by atoms with van der Waals surface area (Å²) in [5, 5.41) is 47.4. The van der Waals surface area contributed by atoms with Crippen molar-refractivity contribution in [3.8, 4) is 36.1 Å². The fraction of sp³-hybridized carbons (Fsp3) is 0.593. The molecule has 64 heavy (non-hydrogen) atoms. The molecule has 10 heteroatoms. The number of carbonyl (C=O) groups is 1. The maximum Gasteiger partial charge on any atom is 0.350 e. The van der Waals surface area contributed by atoms with Gasteiger partial charge in [0.05, 0.1) is 30.0 Å². The Morgan fingerprint density at radius 2 is 1.30 bits per heavy atom. The van der Waals surface area contributed by atoms with Gasteiger partial charge in [-0.2, -0.15) is 26.3 Å². The molecule has 0 aromatic heterocycles. The highest BCUT2D eigenvalue weighted by atomic mass is 16.5. The fourth-order valence-corrected chi connectivity index (χ4v) is 7.44. The summed E-state index contributed by atoms with van der Waals surface area (Å²) in [6, 6.07) is 19.4. The van der Waals surface area contributed by atoms with E-state index in [2.05, 4.69) is 77.3 Å². The molecule has 0 saturated carbocycles. The molecule has 1 aliphatic heterocycles. The molecule has 0 fully saturated rings. The lowest BCUT2D eigenvalue weighted by atomic mass is 9.95. The summed E-state index contributed by atoms with van der Waals surface area (Å²) in [6.45, 7) is 30.1. The Morgan fingerprint density at radius 3 is 1.78 bits per heavy atom. The third-order valence-corrected chi connectivity index (χ3v) is 11.6. The van der Waals surface area contributed by atoms with Crippen molar-refractivity contribution in [1.29, 1.82) is 26.3 Å². The van der Waals surface area contributed by atoms with Crippen LogP contribution in [0.2, 0.25) is 0 Å². The van der Waals surface area contributed by atoms with E-state index in [0.29, 0.717) is 35.5 Å². The number of hydrogen-bond donors (Lipinski definition) is 0. The predicted octanol–water partition coefficient (Wildman–Crippen LogP) is 13.2. The number of aryl methyl sites for hydroxylation is 2. The van der Waals surface area contributed by atoms with E-state index in [1.807, 2.05) is 70.2 Å². The van der Waals surface area contributed by atoms with Gasteiger partial charge in [0.25, 0.3) is 0 Å². The van der Waals surface area contributed by atoms with E-state index >= 15 is 0 Å². The summed E-state index contributed by atoms with van der Waals surface area (Å²) in [5.41, 5.74) is 4.87. The van der Waals surface area contributed by atoms with Gasteiger partial charge in [0, 0.05) is 30.9 Å². The van der Waals surface area contributed by atoms with Crippen LogP contribution in [-0.4, -0.2) is 45.4 Å². The highest BCUT2D eigenvalue weighted by molar-refractivity contribution is 6.05. The third-order valence-electron chi connectivity index (χ3n) is 11.6.